The predicted molar refractivity (Wildman–Crippen MR) is 120 cm³/mol. The fraction of sp³-hybridized carbons (Fsp3) is 0.0833. The minimum atomic E-state index is -2.38. The molecule has 4 heterocycles. The Kier molecular flexibility index (Phi) is 3.99. The standard InChI is InChI=1S/C24H22B2N2O4/c1-19-11-15-27(16-12-19)25-26(28-17-13-20(2)14-18-28,31-23-9-5-3-7-21(23)29-25)32-24-10-6-4-8-22(24)30-25/h3-18H,1-2H3. The van der Waals surface area contributed by atoms with Crippen LogP contribution in [-0.2, 0) is 0 Å². The van der Waals surface area contributed by atoms with Crippen LogP contribution in [0.5, 0.6) is 23.0 Å². The van der Waals surface area contributed by atoms with E-state index in [-0.39, 0.29) is 0 Å². The van der Waals surface area contributed by atoms with Crippen LogP contribution in [-0.4, -0.2) is 13.2 Å². The zero-order valence-corrected chi connectivity index (χ0v) is 17.9. The lowest BCUT2D eigenvalue weighted by Gasteiger charge is -2.54. The highest BCUT2D eigenvalue weighted by Gasteiger charge is 2.79. The first-order chi connectivity index (χ1) is 15.6. The fourth-order valence-electron chi connectivity index (χ4n) is 4.59. The number of rotatable bonds is 2. The average Bonchev–Trinajstić information content (AvgIpc) is 2.82. The van der Waals surface area contributed by atoms with E-state index in [0.29, 0.717) is 23.0 Å². The summed E-state index contributed by atoms with van der Waals surface area (Å²) in [6, 6.07) is 23.3. The van der Waals surface area contributed by atoms with Crippen LogP contribution in [0.15, 0.2) is 97.6 Å². The van der Waals surface area contributed by atoms with Crippen molar-refractivity contribution in [1.29, 1.82) is 0 Å². The molecule has 0 atom stereocenters. The maximum absolute atomic E-state index is 6.75. The first kappa shape index (κ1) is 18.8. The summed E-state index contributed by atoms with van der Waals surface area (Å²) >= 11 is 0. The number of pyridine rings is 2. The Bertz CT molecular complexity index is 1160. The molecule has 2 aromatic heterocycles. The van der Waals surface area contributed by atoms with Gasteiger partial charge in [-0.3, -0.25) is 0 Å². The lowest BCUT2D eigenvalue weighted by atomic mass is 9.25. The lowest BCUT2D eigenvalue weighted by molar-refractivity contribution is -0.602. The lowest BCUT2D eigenvalue weighted by Crippen LogP contribution is -3.00. The van der Waals surface area contributed by atoms with Crippen LogP contribution < -0.4 is 27.6 Å². The van der Waals surface area contributed by atoms with Gasteiger partial charge < -0.3 is 27.6 Å². The molecule has 0 saturated heterocycles. The molecule has 0 amide bonds. The number of hydrogen-bond donors (Lipinski definition) is 0. The summed E-state index contributed by atoms with van der Waals surface area (Å²) in [7, 11) is 0. The summed E-state index contributed by atoms with van der Waals surface area (Å²) in [5.74, 6) is 2.42. The highest BCUT2D eigenvalue weighted by atomic mass is 16.7. The molecule has 158 valence electrons. The first-order valence-corrected chi connectivity index (χ1v) is 10.8. The van der Waals surface area contributed by atoms with Gasteiger partial charge in [0.05, 0.1) is 0 Å². The third-order valence-corrected chi connectivity index (χ3v) is 6.28. The predicted octanol–water partition coefficient (Wildman–Crippen LogP) is 3.17. The van der Waals surface area contributed by atoms with Gasteiger partial charge in [-0.2, -0.15) is 0 Å². The second kappa shape index (κ2) is 6.79. The Labute approximate surface area is 186 Å². The maximum Gasteiger partial charge on any atom is 0.673 e. The van der Waals surface area contributed by atoms with Crippen molar-refractivity contribution in [3.05, 3.63) is 109 Å². The van der Waals surface area contributed by atoms with E-state index in [2.05, 4.69) is 0 Å². The van der Waals surface area contributed by atoms with E-state index in [1.54, 1.807) is 0 Å². The highest BCUT2D eigenvalue weighted by molar-refractivity contribution is 7.26. The number of hydrogen-bond acceptors (Lipinski definition) is 4. The molecule has 4 aromatic rings. The molecule has 0 saturated carbocycles. The second-order valence-electron chi connectivity index (χ2n) is 8.47. The molecular weight excluding hydrogens is 402 g/mol. The molecule has 0 fully saturated rings. The fourth-order valence-corrected chi connectivity index (χ4v) is 4.59. The summed E-state index contributed by atoms with van der Waals surface area (Å²) in [5, 5.41) is 0. The van der Waals surface area contributed by atoms with Gasteiger partial charge in [0.1, 0.15) is 47.8 Å². The number of fused-ring (bicyclic) bond motifs is 3. The van der Waals surface area contributed by atoms with Gasteiger partial charge in [-0.25, -0.2) is 0 Å². The second-order valence-corrected chi connectivity index (χ2v) is 8.47. The van der Waals surface area contributed by atoms with Gasteiger partial charge in [0.2, 0.25) is 0 Å². The van der Waals surface area contributed by atoms with Crippen LogP contribution in [0.1, 0.15) is 11.1 Å². The van der Waals surface area contributed by atoms with Crippen molar-refractivity contribution in [3.63, 3.8) is 0 Å². The Morgan fingerprint density at radius 3 is 1.03 bits per heavy atom. The number of nitrogens with zero attached hydrogens (tertiary/aromatic N) is 2. The van der Waals surface area contributed by atoms with Gasteiger partial charge in [0.15, 0.2) is 0 Å². The van der Waals surface area contributed by atoms with Crippen molar-refractivity contribution in [2.24, 2.45) is 0 Å². The molecule has 0 radical (unpaired) electrons. The van der Waals surface area contributed by atoms with Crippen molar-refractivity contribution in [2.75, 3.05) is 0 Å². The molecule has 0 unspecified atom stereocenters. The highest BCUT2D eigenvalue weighted by Crippen LogP contribution is 2.44. The molecule has 2 aliphatic rings. The smallest absolute Gasteiger partial charge is 0.638 e. The summed E-state index contributed by atoms with van der Waals surface area (Å²) in [6.07, 6.45) is 7.81. The van der Waals surface area contributed by atoms with Gasteiger partial charge in [-0.15, -0.1) is 0 Å². The van der Waals surface area contributed by atoms with Gasteiger partial charge >= 0.3 is 13.2 Å². The van der Waals surface area contributed by atoms with Crippen molar-refractivity contribution in [3.8, 4) is 23.0 Å². The van der Waals surface area contributed by atoms with Gasteiger partial charge in [0.25, 0.3) is 0 Å². The average molecular weight is 424 g/mol. The number of aromatic nitrogens is 2. The molecule has 0 N–H and O–H groups in total. The number of para-hydroxylation sites is 4. The molecule has 0 aliphatic carbocycles. The normalized spacial score (nSPS) is 22.7. The zero-order chi connectivity index (χ0) is 21.8. The Hall–Kier alpha value is -3.93. The Morgan fingerprint density at radius 2 is 0.750 bits per heavy atom. The molecule has 8 heteroatoms. The topological polar surface area (TPSA) is 44.7 Å². The maximum atomic E-state index is 6.75. The summed E-state index contributed by atoms with van der Waals surface area (Å²) < 4.78 is 30.9. The van der Waals surface area contributed by atoms with E-state index in [1.165, 1.54) is 0 Å². The van der Waals surface area contributed by atoms with Crippen LogP contribution in [0, 0.1) is 13.8 Å². The Morgan fingerprint density at radius 1 is 0.469 bits per heavy atom. The van der Waals surface area contributed by atoms with E-state index < -0.39 is 13.2 Å². The third-order valence-electron chi connectivity index (χ3n) is 6.28. The summed E-state index contributed by atoms with van der Waals surface area (Å²) in [4.78, 5) is 0. The van der Waals surface area contributed by atoms with Crippen LogP contribution in [0.4, 0.5) is 0 Å². The first-order valence-electron chi connectivity index (χ1n) is 10.8. The molecule has 2 aliphatic heterocycles. The molecule has 6 rings (SSSR count). The largest absolute Gasteiger partial charge is 0.673 e. The SMILES string of the molecule is Cc1cc[n+]([B-]23Oc4ccccc4O[B-]2([n+]2ccc(C)cc2)Oc2ccccc2O3)cc1. The molecule has 32 heavy (non-hydrogen) atoms. The number of aryl methyl sites for hydroxylation is 2. The monoisotopic (exact) mass is 424 g/mol. The van der Waals surface area contributed by atoms with Gasteiger partial charge in [-0.05, 0) is 73.5 Å². The quantitative estimate of drug-likeness (QED) is 0.464. The minimum Gasteiger partial charge on any atom is -0.638 e. The molecule has 6 nitrogen and oxygen atoms in total. The van der Waals surface area contributed by atoms with E-state index in [9.17, 15) is 0 Å². The molecular formula is C24H22B2N2O4. The van der Waals surface area contributed by atoms with Crippen molar-refractivity contribution >= 4 is 13.2 Å². The van der Waals surface area contributed by atoms with E-state index in [1.807, 2.05) is 120 Å². The van der Waals surface area contributed by atoms with E-state index in [0.717, 1.165) is 11.1 Å². The molecule has 0 spiro atoms. The van der Waals surface area contributed by atoms with E-state index >= 15 is 0 Å². The molecule has 0 bridgehead atoms. The van der Waals surface area contributed by atoms with Gasteiger partial charge in [0, 0.05) is 0 Å². The third kappa shape index (κ3) is 2.62. The van der Waals surface area contributed by atoms with Crippen LogP contribution in [0.2, 0.25) is 0 Å². The Balaban J connectivity index is 1.68. The van der Waals surface area contributed by atoms with Crippen molar-refractivity contribution < 1.29 is 27.6 Å². The van der Waals surface area contributed by atoms with Gasteiger partial charge in [-0.1, -0.05) is 24.3 Å². The van der Waals surface area contributed by atoms with Crippen molar-refractivity contribution in [2.45, 2.75) is 13.8 Å². The summed E-state index contributed by atoms with van der Waals surface area (Å²) in [6.45, 7) is -0.679. The van der Waals surface area contributed by atoms with Crippen molar-refractivity contribution in [1.82, 2.24) is 0 Å². The van der Waals surface area contributed by atoms with Crippen LogP contribution in [0.3, 0.4) is 0 Å². The zero-order valence-electron chi connectivity index (χ0n) is 17.9. The summed E-state index contributed by atoms with van der Waals surface area (Å²) in [5.41, 5.74) is 2.26. The minimum absolute atomic E-state index is 0.605. The van der Waals surface area contributed by atoms with E-state index in [4.69, 9.17) is 18.6 Å². The van der Waals surface area contributed by atoms with Crippen LogP contribution in [0.25, 0.3) is 0 Å². The molecule has 2 aromatic carbocycles. The number of benzene rings is 2. The van der Waals surface area contributed by atoms with Crippen LogP contribution >= 0.6 is 0 Å².